The van der Waals surface area contributed by atoms with Crippen molar-refractivity contribution in [3.05, 3.63) is 10.7 Å². The van der Waals surface area contributed by atoms with Gasteiger partial charge in [0.1, 0.15) is 5.82 Å². The van der Waals surface area contributed by atoms with Crippen LogP contribution in [-0.4, -0.2) is 50.0 Å². The Bertz CT molecular complexity index is 379. The van der Waals surface area contributed by atoms with Crippen LogP contribution in [0.3, 0.4) is 0 Å². The molecule has 0 atom stereocenters. The number of nitrogens with zero attached hydrogens (tertiary/aromatic N) is 2. The molecule has 1 heterocycles. The first-order valence-electron chi connectivity index (χ1n) is 6.85. The highest BCUT2D eigenvalue weighted by Crippen LogP contribution is 2.19. The van der Waals surface area contributed by atoms with Crippen LogP contribution in [0.5, 0.6) is 0 Å². The Balaban J connectivity index is 2.27. The third-order valence-corrected chi connectivity index (χ3v) is 3.05. The van der Waals surface area contributed by atoms with Gasteiger partial charge in [-0.3, -0.25) is 0 Å². The summed E-state index contributed by atoms with van der Waals surface area (Å²) in [6.45, 7) is 5.76. The second-order valence-electron chi connectivity index (χ2n) is 4.20. The SMILES string of the molecule is CCCNc1ncc(Br)c(NCCCOCCOC)n1. The second kappa shape index (κ2) is 10.8. The number of ether oxygens (including phenoxy) is 2. The first kappa shape index (κ1) is 17.1. The van der Waals surface area contributed by atoms with E-state index in [0.717, 1.165) is 36.2 Å². The van der Waals surface area contributed by atoms with E-state index in [-0.39, 0.29) is 0 Å². The molecule has 0 aliphatic carbocycles. The molecule has 0 aliphatic heterocycles. The molecule has 0 aromatic carbocycles. The van der Waals surface area contributed by atoms with Gasteiger partial charge in [0, 0.05) is 33.0 Å². The molecule has 2 N–H and O–H groups in total. The average Bonchev–Trinajstić information content (AvgIpc) is 2.46. The fourth-order valence-corrected chi connectivity index (χ4v) is 1.77. The number of halogens is 1. The number of hydrogen-bond donors (Lipinski definition) is 2. The molecule has 0 fully saturated rings. The predicted octanol–water partition coefficient (Wildman–Crippen LogP) is 2.53. The molecule has 0 saturated heterocycles. The van der Waals surface area contributed by atoms with E-state index in [0.29, 0.717) is 25.8 Å². The molecular weight excluding hydrogens is 324 g/mol. The molecule has 1 aromatic rings. The Morgan fingerprint density at radius 3 is 2.80 bits per heavy atom. The fourth-order valence-electron chi connectivity index (χ4n) is 1.44. The van der Waals surface area contributed by atoms with Crippen molar-refractivity contribution < 1.29 is 9.47 Å². The first-order valence-corrected chi connectivity index (χ1v) is 7.64. The van der Waals surface area contributed by atoms with Gasteiger partial charge in [0.15, 0.2) is 0 Å². The first-order chi connectivity index (χ1) is 9.77. The highest BCUT2D eigenvalue weighted by atomic mass is 79.9. The molecule has 1 rings (SSSR count). The molecule has 7 heteroatoms. The Hall–Kier alpha value is -0.920. The van der Waals surface area contributed by atoms with Crippen LogP contribution in [-0.2, 0) is 9.47 Å². The molecule has 1 aromatic heterocycles. The van der Waals surface area contributed by atoms with Crippen LogP contribution in [0.1, 0.15) is 19.8 Å². The van der Waals surface area contributed by atoms with E-state index < -0.39 is 0 Å². The third-order valence-electron chi connectivity index (χ3n) is 2.47. The van der Waals surface area contributed by atoms with Crippen LogP contribution in [0.25, 0.3) is 0 Å². The third kappa shape index (κ3) is 7.02. The van der Waals surface area contributed by atoms with Crippen LogP contribution in [0, 0.1) is 0 Å². The lowest BCUT2D eigenvalue weighted by atomic mass is 10.4. The molecule has 0 aliphatic rings. The molecule has 114 valence electrons. The molecule has 0 spiro atoms. The van der Waals surface area contributed by atoms with Gasteiger partial charge in [-0.25, -0.2) is 4.98 Å². The van der Waals surface area contributed by atoms with E-state index in [1.807, 2.05) is 0 Å². The zero-order valence-electron chi connectivity index (χ0n) is 12.1. The summed E-state index contributed by atoms with van der Waals surface area (Å²) in [5.74, 6) is 1.45. The Morgan fingerprint density at radius 1 is 1.20 bits per heavy atom. The summed E-state index contributed by atoms with van der Waals surface area (Å²) in [6.07, 6.45) is 3.71. The smallest absolute Gasteiger partial charge is 0.224 e. The van der Waals surface area contributed by atoms with Gasteiger partial charge in [-0.15, -0.1) is 0 Å². The van der Waals surface area contributed by atoms with Crippen LogP contribution >= 0.6 is 15.9 Å². The van der Waals surface area contributed by atoms with Gasteiger partial charge in [-0.1, -0.05) is 6.92 Å². The molecule has 0 radical (unpaired) electrons. The summed E-state index contributed by atoms with van der Waals surface area (Å²) in [5, 5.41) is 6.44. The van der Waals surface area contributed by atoms with Crippen molar-refractivity contribution in [1.82, 2.24) is 9.97 Å². The number of aromatic nitrogens is 2. The summed E-state index contributed by atoms with van der Waals surface area (Å²) < 4.78 is 11.2. The number of anilines is 2. The molecule has 0 saturated carbocycles. The number of methoxy groups -OCH3 is 1. The van der Waals surface area contributed by atoms with Crippen molar-refractivity contribution in [2.24, 2.45) is 0 Å². The van der Waals surface area contributed by atoms with Crippen molar-refractivity contribution in [3.63, 3.8) is 0 Å². The topological polar surface area (TPSA) is 68.3 Å². The van der Waals surface area contributed by atoms with Crippen LogP contribution in [0.15, 0.2) is 10.7 Å². The maximum atomic E-state index is 5.40. The number of rotatable bonds is 11. The summed E-state index contributed by atoms with van der Waals surface area (Å²) in [6, 6.07) is 0. The minimum Gasteiger partial charge on any atom is -0.382 e. The molecule has 0 unspecified atom stereocenters. The summed E-state index contributed by atoms with van der Waals surface area (Å²) in [7, 11) is 1.67. The average molecular weight is 347 g/mol. The van der Waals surface area contributed by atoms with Crippen molar-refractivity contribution in [2.45, 2.75) is 19.8 Å². The maximum absolute atomic E-state index is 5.40. The summed E-state index contributed by atoms with van der Waals surface area (Å²) in [5.41, 5.74) is 0. The predicted molar refractivity (Wildman–Crippen MR) is 84.3 cm³/mol. The highest BCUT2D eigenvalue weighted by molar-refractivity contribution is 9.10. The quantitative estimate of drug-likeness (QED) is 0.600. The van der Waals surface area contributed by atoms with Crippen LogP contribution in [0.2, 0.25) is 0 Å². The molecule has 20 heavy (non-hydrogen) atoms. The second-order valence-corrected chi connectivity index (χ2v) is 5.06. The summed E-state index contributed by atoms with van der Waals surface area (Å²) >= 11 is 3.44. The number of nitrogens with one attached hydrogen (secondary N) is 2. The van der Waals surface area contributed by atoms with E-state index in [2.05, 4.69) is 43.5 Å². The molecular formula is C13H23BrN4O2. The zero-order valence-corrected chi connectivity index (χ0v) is 13.7. The van der Waals surface area contributed by atoms with Gasteiger partial charge in [-0.05, 0) is 28.8 Å². The van der Waals surface area contributed by atoms with Crippen molar-refractivity contribution in [3.8, 4) is 0 Å². The van der Waals surface area contributed by atoms with Gasteiger partial charge < -0.3 is 20.1 Å². The number of hydrogen-bond acceptors (Lipinski definition) is 6. The van der Waals surface area contributed by atoms with Gasteiger partial charge in [0.25, 0.3) is 0 Å². The zero-order chi connectivity index (χ0) is 14.6. The molecule has 0 bridgehead atoms. The normalized spacial score (nSPS) is 10.6. The van der Waals surface area contributed by atoms with E-state index >= 15 is 0 Å². The van der Waals surface area contributed by atoms with Crippen molar-refractivity contribution in [1.29, 1.82) is 0 Å². The summed E-state index contributed by atoms with van der Waals surface area (Å²) in [4.78, 5) is 8.62. The highest BCUT2D eigenvalue weighted by Gasteiger charge is 2.04. The van der Waals surface area contributed by atoms with E-state index in [1.54, 1.807) is 13.3 Å². The molecule has 0 amide bonds. The monoisotopic (exact) mass is 346 g/mol. The molecule has 6 nitrogen and oxygen atoms in total. The van der Waals surface area contributed by atoms with Crippen LogP contribution in [0.4, 0.5) is 11.8 Å². The van der Waals surface area contributed by atoms with Gasteiger partial charge in [0.2, 0.25) is 5.95 Å². The van der Waals surface area contributed by atoms with Gasteiger partial charge in [0.05, 0.1) is 17.7 Å². The lowest BCUT2D eigenvalue weighted by Crippen LogP contribution is -2.11. The lowest BCUT2D eigenvalue weighted by molar-refractivity contribution is 0.0705. The van der Waals surface area contributed by atoms with Crippen LogP contribution < -0.4 is 10.6 Å². The van der Waals surface area contributed by atoms with E-state index in [1.165, 1.54) is 0 Å². The largest absolute Gasteiger partial charge is 0.382 e. The van der Waals surface area contributed by atoms with Gasteiger partial charge >= 0.3 is 0 Å². The Kier molecular flexibility index (Phi) is 9.27. The van der Waals surface area contributed by atoms with Crippen molar-refractivity contribution >= 4 is 27.7 Å². The minimum absolute atomic E-state index is 0.636. The fraction of sp³-hybridized carbons (Fsp3) is 0.692. The Morgan fingerprint density at radius 2 is 2.05 bits per heavy atom. The lowest BCUT2D eigenvalue weighted by Gasteiger charge is -2.10. The Labute approximate surface area is 128 Å². The van der Waals surface area contributed by atoms with Gasteiger partial charge in [-0.2, -0.15) is 4.98 Å². The van der Waals surface area contributed by atoms with E-state index in [4.69, 9.17) is 9.47 Å². The maximum Gasteiger partial charge on any atom is 0.224 e. The standard InChI is InChI=1S/C13H23BrN4O2/c1-3-5-16-13-17-10-11(14)12(18-13)15-6-4-7-20-9-8-19-2/h10H,3-9H2,1-2H3,(H2,15,16,17,18). The minimum atomic E-state index is 0.636. The van der Waals surface area contributed by atoms with E-state index in [9.17, 15) is 0 Å². The van der Waals surface area contributed by atoms with Crippen molar-refractivity contribution in [2.75, 3.05) is 50.7 Å².